The summed E-state index contributed by atoms with van der Waals surface area (Å²) in [7, 11) is -1.07. The van der Waals surface area contributed by atoms with Gasteiger partial charge in [0, 0.05) is 25.8 Å². The van der Waals surface area contributed by atoms with Crippen molar-refractivity contribution in [3.63, 3.8) is 0 Å². The van der Waals surface area contributed by atoms with Gasteiger partial charge in [0.1, 0.15) is 11.0 Å². The minimum Gasteiger partial charge on any atom is -0.396 e. The van der Waals surface area contributed by atoms with E-state index in [-0.39, 0.29) is 24.0 Å². The van der Waals surface area contributed by atoms with Crippen LogP contribution in [0.2, 0.25) is 0 Å². The second kappa shape index (κ2) is 6.97. The van der Waals surface area contributed by atoms with E-state index in [0.717, 1.165) is 6.54 Å². The molecule has 0 aromatic heterocycles. The molecule has 1 aliphatic rings. The molecule has 1 unspecified atom stereocenters. The fourth-order valence-corrected chi connectivity index (χ4v) is 4.05. The average molecular weight is 289 g/mol. The predicted molar refractivity (Wildman–Crippen MR) is 79.0 cm³/mol. The molecule has 3 atom stereocenters. The first kappa shape index (κ1) is 16.8. The number of hydrogen-bond donors (Lipinski definition) is 2. The molecule has 1 fully saturated rings. The first-order valence-electron chi connectivity index (χ1n) is 6.93. The van der Waals surface area contributed by atoms with Gasteiger partial charge in [-0.25, -0.2) is 8.51 Å². The Morgan fingerprint density at radius 1 is 1.37 bits per heavy atom. The molecule has 0 saturated carbocycles. The van der Waals surface area contributed by atoms with E-state index in [4.69, 9.17) is 5.11 Å². The fraction of sp³-hybridized carbons (Fsp3) is 0.857. The third-order valence-electron chi connectivity index (χ3n) is 3.40. The lowest BCUT2D eigenvalue weighted by Crippen LogP contribution is -2.41. The van der Waals surface area contributed by atoms with E-state index < -0.39 is 11.0 Å². The molecule has 1 rings (SSSR count). The van der Waals surface area contributed by atoms with E-state index in [1.165, 1.54) is 5.57 Å². The van der Waals surface area contributed by atoms with Gasteiger partial charge in [-0.15, -0.1) is 0 Å². The number of hydrogen-bond acceptors (Lipinski definition) is 3. The van der Waals surface area contributed by atoms with Gasteiger partial charge in [-0.2, -0.15) is 0 Å². The van der Waals surface area contributed by atoms with E-state index in [0.29, 0.717) is 18.8 Å². The summed E-state index contributed by atoms with van der Waals surface area (Å²) in [4.78, 5) is 0. The second-order valence-electron chi connectivity index (χ2n) is 6.11. The van der Waals surface area contributed by atoms with Crippen molar-refractivity contribution < 1.29 is 14.4 Å². The van der Waals surface area contributed by atoms with Crippen molar-refractivity contribution >= 4 is 11.0 Å². The van der Waals surface area contributed by atoms with Crippen LogP contribution in [0, 0.1) is 5.92 Å². The number of nitrogens with zero attached hydrogens (tertiary/aromatic N) is 1. The largest absolute Gasteiger partial charge is 0.396 e. The van der Waals surface area contributed by atoms with Crippen molar-refractivity contribution in [3.05, 3.63) is 11.6 Å². The molecular formula is C14H27NO3S. The van der Waals surface area contributed by atoms with E-state index in [1.54, 1.807) is 0 Å². The molecule has 19 heavy (non-hydrogen) atoms. The van der Waals surface area contributed by atoms with Crippen LogP contribution in [0.25, 0.3) is 0 Å². The normalized spacial score (nSPS) is 29.1. The van der Waals surface area contributed by atoms with Crippen LogP contribution < -0.4 is 0 Å². The first-order valence-corrected chi connectivity index (χ1v) is 8.04. The highest BCUT2D eigenvalue weighted by atomic mass is 32.2. The third kappa shape index (κ3) is 4.12. The first-order chi connectivity index (χ1) is 8.82. The summed E-state index contributed by atoms with van der Waals surface area (Å²) in [5, 5.41) is 18.2. The fourth-order valence-electron chi connectivity index (χ4n) is 2.53. The highest BCUT2D eigenvalue weighted by Crippen LogP contribution is 2.35. The Hall–Kier alpha value is -0.230. The average Bonchev–Trinajstić information content (AvgIpc) is 2.62. The quantitative estimate of drug-likeness (QED) is 0.753. The van der Waals surface area contributed by atoms with Crippen molar-refractivity contribution in [2.45, 2.75) is 51.3 Å². The summed E-state index contributed by atoms with van der Waals surface area (Å²) in [6, 6.07) is 0.0339. The highest BCUT2D eigenvalue weighted by Gasteiger charge is 2.40. The molecule has 0 radical (unpaired) electrons. The van der Waals surface area contributed by atoms with Crippen LogP contribution in [0.3, 0.4) is 0 Å². The lowest BCUT2D eigenvalue weighted by atomic mass is 9.97. The Kier molecular flexibility index (Phi) is 6.17. The maximum atomic E-state index is 12.6. The highest BCUT2D eigenvalue weighted by molar-refractivity contribution is 7.84. The Morgan fingerprint density at radius 3 is 2.47 bits per heavy atom. The van der Waals surface area contributed by atoms with Gasteiger partial charge in [-0.05, 0) is 39.5 Å². The van der Waals surface area contributed by atoms with Gasteiger partial charge in [-0.1, -0.05) is 18.6 Å². The molecule has 2 N–H and O–H groups in total. The van der Waals surface area contributed by atoms with Crippen molar-refractivity contribution in [1.82, 2.24) is 4.31 Å². The van der Waals surface area contributed by atoms with E-state index in [2.05, 4.69) is 6.92 Å². The molecule has 1 saturated heterocycles. The summed E-state index contributed by atoms with van der Waals surface area (Å²) in [5.74, 6) is 0.328. The Balaban J connectivity index is 2.97. The van der Waals surface area contributed by atoms with Gasteiger partial charge < -0.3 is 10.2 Å². The molecule has 1 aliphatic heterocycles. The Labute approximate surface area is 119 Å². The van der Waals surface area contributed by atoms with E-state index in [1.807, 2.05) is 31.2 Å². The summed E-state index contributed by atoms with van der Waals surface area (Å²) in [6.45, 7) is 9.01. The lowest BCUT2D eigenvalue weighted by Gasteiger charge is -2.30. The van der Waals surface area contributed by atoms with Crippen molar-refractivity contribution in [3.8, 4) is 0 Å². The van der Waals surface area contributed by atoms with Crippen LogP contribution in [-0.2, 0) is 11.0 Å². The standard InChI is InChI=1S/C14H27NO3S/c1-11-10-15(19(18)14(2,3)4)13(7-9-17)12(11)6-5-8-16/h6,11,13,16-17H,5,7-10H2,1-4H3/b12-6-/t11-,13-,19?/m0/s1. The zero-order valence-corrected chi connectivity index (χ0v) is 13.2. The number of rotatable bonds is 5. The van der Waals surface area contributed by atoms with E-state index >= 15 is 0 Å². The van der Waals surface area contributed by atoms with Crippen molar-refractivity contribution in [2.24, 2.45) is 5.92 Å². The molecule has 0 spiro atoms. The molecular weight excluding hydrogens is 262 g/mol. The van der Waals surface area contributed by atoms with Crippen LogP contribution in [0.15, 0.2) is 11.6 Å². The minimum atomic E-state index is -1.07. The second-order valence-corrected chi connectivity index (χ2v) is 8.30. The SMILES string of the molecule is C[C@H]1CN(S(=O)C(C)(C)C)[C@@H](CCO)/C1=C\CCO. The lowest BCUT2D eigenvalue weighted by molar-refractivity contribution is 0.257. The monoisotopic (exact) mass is 289 g/mol. The van der Waals surface area contributed by atoms with Gasteiger partial charge in [-0.3, -0.25) is 0 Å². The molecule has 0 aromatic carbocycles. The predicted octanol–water partition coefficient (Wildman–Crippen LogP) is 1.46. The molecule has 4 nitrogen and oxygen atoms in total. The summed E-state index contributed by atoms with van der Waals surface area (Å²) >= 11 is 0. The smallest absolute Gasteiger partial charge is 0.100 e. The maximum Gasteiger partial charge on any atom is 0.100 e. The van der Waals surface area contributed by atoms with Gasteiger partial charge >= 0.3 is 0 Å². The zero-order chi connectivity index (χ0) is 14.6. The zero-order valence-electron chi connectivity index (χ0n) is 12.4. The Morgan fingerprint density at radius 2 is 2.00 bits per heavy atom. The number of aliphatic hydroxyl groups is 2. The molecule has 0 bridgehead atoms. The van der Waals surface area contributed by atoms with Crippen LogP contribution in [0.1, 0.15) is 40.5 Å². The van der Waals surface area contributed by atoms with Gasteiger partial charge in [0.25, 0.3) is 0 Å². The van der Waals surface area contributed by atoms with Gasteiger partial charge in [0.05, 0.1) is 4.75 Å². The molecule has 0 aliphatic carbocycles. The van der Waals surface area contributed by atoms with Crippen LogP contribution in [0.4, 0.5) is 0 Å². The van der Waals surface area contributed by atoms with Crippen molar-refractivity contribution in [2.75, 3.05) is 19.8 Å². The topological polar surface area (TPSA) is 60.8 Å². The summed E-state index contributed by atoms with van der Waals surface area (Å²) < 4.78 is 14.3. The maximum absolute atomic E-state index is 12.6. The summed E-state index contributed by atoms with van der Waals surface area (Å²) in [6.07, 6.45) is 3.27. The third-order valence-corrected chi connectivity index (χ3v) is 5.28. The van der Waals surface area contributed by atoms with Crippen LogP contribution in [-0.4, -0.2) is 49.3 Å². The van der Waals surface area contributed by atoms with Crippen molar-refractivity contribution in [1.29, 1.82) is 0 Å². The van der Waals surface area contributed by atoms with Crippen LogP contribution in [0.5, 0.6) is 0 Å². The van der Waals surface area contributed by atoms with Crippen LogP contribution >= 0.6 is 0 Å². The molecule has 112 valence electrons. The van der Waals surface area contributed by atoms with Gasteiger partial charge in [0.15, 0.2) is 0 Å². The molecule has 0 aromatic rings. The van der Waals surface area contributed by atoms with E-state index in [9.17, 15) is 9.32 Å². The summed E-state index contributed by atoms with van der Waals surface area (Å²) in [5.41, 5.74) is 1.21. The molecule has 5 heteroatoms. The minimum absolute atomic E-state index is 0.0339. The number of aliphatic hydroxyl groups excluding tert-OH is 2. The Bertz CT molecular complexity index is 349. The molecule has 1 heterocycles. The molecule has 0 amide bonds. The van der Waals surface area contributed by atoms with Gasteiger partial charge in [0.2, 0.25) is 0 Å².